The normalized spacial score (nSPS) is 51.0. The largest absolute Gasteiger partial charge is 0.465 e. The number of hydrogen-bond acceptors (Lipinski definition) is 3. The summed E-state index contributed by atoms with van der Waals surface area (Å²) in [5.41, 5.74) is 0. The molecule has 4 atom stereocenters. The van der Waals surface area contributed by atoms with Crippen LogP contribution < -0.4 is 0 Å². The van der Waals surface area contributed by atoms with Crippen LogP contribution in [0, 0.1) is 0 Å². The van der Waals surface area contributed by atoms with Gasteiger partial charge in [0.15, 0.2) is 5.79 Å². The molecule has 2 aliphatic carbocycles. The Morgan fingerprint density at radius 3 is 2.88 bits per heavy atom. The molecule has 88 valence electrons. The first-order valence-corrected chi connectivity index (χ1v) is 6.88. The van der Waals surface area contributed by atoms with Crippen LogP contribution in [0.4, 0.5) is 0 Å². The average Bonchev–Trinajstić information content (AvgIpc) is 2.62. The van der Waals surface area contributed by atoms with Gasteiger partial charge in [-0.15, -0.1) is 0 Å². The molecular formula is C12H19BO3. The van der Waals surface area contributed by atoms with Crippen LogP contribution >= 0.6 is 0 Å². The molecule has 4 fully saturated rings. The van der Waals surface area contributed by atoms with Gasteiger partial charge in [0.2, 0.25) is 0 Å². The molecule has 0 aromatic carbocycles. The summed E-state index contributed by atoms with van der Waals surface area (Å²) < 4.78 is 18.5. The van der Waals surface area contributed by atoms with Gasteiger partial charge in [-0.2, -0.15) is 0 Å². The molecule has 16 heavy (non-hydrogen) atoms. The van der Waals surface area contributed by atoms with Crippen molar-refractivity contribution >= 4 is 7.12 Å². The first-order valence-electron chi connectivity index (χ1n) is 6.88. The molecule has 0 N–H and O–H groups in total. The summed E-state index contributed by atoms with van der Waals surface area (Å²) in [6, 6.07) is 0. The minimum atomic E-state index is -0.346. The van der Waals surface area contributed by atoms with Crippen molar-refractivity contribution < 1.29 is 14.0 Å². The summed E-state index contributed by atoms with van der Waals surface area (Å²) in [5, 5.41) is 0. The number of hydrogen-bond donors (Lipinski definition) is 0. The fraction of sp³-hybridized carbons (Fsp3) is 1.00. The SMILES string of the molecule is C1CCC2B3OC4CCCCC4(O3)OC2C1. The van der Waals surface area contributed by atoms with Crippen LogP contribution in [-0.4, -0.2) is 25.1 Å². The maximum Gasteiger partial charge on any atom is 0.465 e. The second kappa shape index (κ2) is 3.47. The third-order valence-electron chi connectivity index (χ3n) is 4.80. The molecule has 4 rings (SSSR count). The van der Waals surface area contributed by atoms with Crippen molar-refractivity contribution in [3.8, 4) is 0 Å². The van der Waals surface area contributed by atoms with Crippen LogP contribution in [-0.2, 0) is 14.0 Å². The molecule has 2 heterocycles. The zero-order valence-electron chi connectivity index (χ0n) is 9.69. The molecule has 2 aliphatic heterocycles. The maximum atomic E-state index is 6.33. The minimum absolute atomic E-state index is 0.0437. The van der Waals surface area contributed by atoms with E-state index in [9.17, 15) is 0 Å². The Kier molecular flexibility index (Phi) is 2.15. The molecule has 0 aromatic heterocycles. The lowest BCUT2D eigenvalue weighted by Gasteiger charge is -2.45. The van der Waals surface area contributed by atoms with Crippen LogP contribution in [0.25, 0.3) is 0 Å². The number of fused-ring (bicyclic) bond motifs is 3. The Morgan fingerprint density at radius 1 is 1.00 bits per heavy atom. The molecule has 0 amide bonds. The molecular weight excluding hydrogens is 203 g/mol. The topological polar surface area (TPSA) is 27.7 Å². The zero-order valence-corrected chi connectivity index (χ0v) is 9.69. The van der Waals surface area contributed by atoms with Crippen molar-refractivity contribution in [3.63, 3.8) is 0 Å². The predicted molar refractivity (Wildman–Crippen MR) is 60.0 cm³/mol. The van der Waals surface area contributed by atoms with E-state index in [1.807, 2.05) is 0 Å². The predicted octanol–water partition coefficient (Wildman–Crippen LogP) is 2.50. The zero-order chi connectivity index (χ0) is 10.6. The van der Waals surface area contributed by atoms with E-state index < -0.39 is 0 Å². The van der Waals surface area contributed by atoms with E-state index in [0.717, 1.165) is 12.8 Å². The molecule has 3 nitrogen and oxygen atoms in total. The van der Waals surface area contributed by atoms with Gasteiger partial charge in [-0.05, 0) is 25.7 Å². The highest BCUT2D eigenvalue weighted by molar-refractivity contribution is 6.47. The van der Waals surface area contributed by atoms with E-state index in [1.165, 1.54) is 38.5 Å². The lowest BCUT2D eigenvalue weighted by Crippen LogP contribution is -2.52. The minimum Gasteiger partial charge on any atom is -0.402 e. The summed E-state index contributed by atoms with van der Waals surface area (Å²) >= 11 is 0. The van der Waals surface area contributed by atoms with Gasteiger partial charge < -0.3 is 14.0 Å². The summed E-state index contributed by atoms with van der Waals surface area (Å²) in [4.78, 5) is 0. The van der Waals surface area contributed by atoms with Crippen molar-refractivity contribution in [1.29, 1.82) is 0 Å². The quantitative estimate of drug-likeness (QED) is 0.589. The molecule has 4 unspecified atom stereocenters. The van der Waals surface area contributed by atoms with E-state index in [2.05, 4.69) is 0 Å². The lowest BCUT2D eigenvalue weighted by molar-refractivity contribution is -0.253. The summed E-state index contributed by atoms with van der Waals surface area (Å²) in [6.07, 6.45) is 10.3. The molecule has 2 saturated carbocycles. The second-order valence-corrected chi connectivity index (χ2v) is 5.77. The standard InChI is InChI=1S/C12H19BO3/c1-2-6-10-9(5-1)13-15-11-7-3-4-8-12(11,14-10)16-13/h9-11H,1-8H2. The van der Waals surface area contributed by atoms with Crippen molar-refractivity contribution in [3.05, 3.63) is 0 Å². The van der Waals surface area contributed by atoms with Gasteiger partial charge in [-0.25, -0.2) is 0 Å². The van der Waals surface area contributed by atoms with Crippen LogP contribution in [0.15, 0.2) is 0 Å². The van der Waals surface area contributed by atoms with Gasteiger partial charge in [0.1, 0.15) is 0 Å². The molecule has 4 aliphatic rings. The van der Waals surface area contributed by atoms with E-state index in [-0.39, 0.29) is 19.0 Å². The monoisotopic (exact) mass is 222 g/mol. The summed E-state index contributed by atoms with van der Waals surface area (Å²) in [7, 11) is 0.0437. The molecule has 2 saturated heterocycles. The van der Waals surface area contributed by atoms with Gasteiger partial charge in [0.05, 0.1) is 12.2 Å². The summed E-state index contributed by atoms with van der Waals surface area (Å²) in [5.74, 6) is 0.159. The lowest BCUT2D eigenvalue weighted by atomic mass is 9.62. The van der Waals surface area contributed by atoms with E-state index in [4.69, 9.17) is 14.0 Å². The highest BCUT2D eigenvalue weighted by Gasteiger charge is 2.62. The van der Waals surface area contributed by atoms with Gasteiger partial charge in [-0.3, -0.25) is 0 Å². The molecule has 0 aromatic rings. The molecule has 0 radical (unpaired) electrons. The Hall–Kier alpha value is -0.0551. The Bertz CT molecular complexity index is 296. The smallest absolute Gasteiger partial charge is 0.402 e. The maximum absolute atomic E-state index is 6.33. The van der Waals surface area contributed by atoms with Gasteiger partial charge >= 0.3 is 7.12 Å². The number of rotatable bonds is 0. The van der Waals surface area contributed by atoms with Crippen LogP contribution in [0.5, 0.6) is 0 Å². The first kappa shape index (κ1) is 9.92. The Morgan fingerprint density at radius 2 is 1.88 bits per heavy atom. The van der Waals surface area contributed by atoms with Crippen LogP contribution in [0.2, 0.25) is 5.82 Å². The van der Waals surface area contributed by atoms with Crippen LogP contribution in [0.1, 0.15) is 51.4 Å². The fourth-order valence-corrected chi connectivity index (χ4v) is 3.97. The Balaban J connectivity index is 1.64. The fourth-order valence-electron chi connectivity index (χ4n) is 3.97. The van der Waals surface area contributed by atoms with Crippen LogP contribution in [0.3, 0.4) is 0 Å². The molecule has 4 heteroatoms. The average molecular weight is 222 g/mol. The molecule has 1 spiro atoms. The third kappa shape index (κ3) is 1.27. The van der Waals surface area contributed by atoms with Gasteiger partial charge in [0, 0.05) is 12.2 Å². The number of ether oxygens (including phenoxy) is 1. The highest BCUT2D eigenvalue weighted by Crippen LogP contribution is 2.52. The van der Waals surface area contributed by atoms with Crippen molar-refractivity contribution in [1.82, 2.24) is 0 Å². The summed E-state index contributed by atoms with van der Waals surface area (Å²) in [6.45, 7) is 0. The highest BCUT2D eigenvalue weighted by atomic mass is 16.8. The van der Waals surface area contributed by atoms with Crippen molar-refractivity contribution in [2.45, 2.75) is 75.2 Å². The second-order valence-electron chi connectivity index (χ2n) is 5.77. The van der Waals surface area contributed by atoms with E-state index >= 15 is 0 Å². The van der Waals surface area contributed by atoms with Crippen molar-refractivity contribution in [2.24, 2.45) is 0 Å². The Labute approximate surface area is 97.0 Å². The van der Waals surface area contributed by atoms with Gasteiger partial charge in [-0.1, -0.05) is 19.3 Å². The van der Waals surface area contributed by atoms with Crippen molar-refractivity contribution in [2.75, 3.05) is 0 Å². The third-order valence-corrected chi connectivity index (χ3v) is 4.80. The van der Waals surface area contributed by atoms with E-state index in [0.29, 0.717) is 11.9 Å². The van der Waals surface area contributed by atoms with Gasteiger partial charge in [0.25, 0.3) is 0 Å². The van der Waals surface area contributed by atoms with E-state index in [1.54, 1.807) is 0 Å². The first-order chi connectivity index (χ1) is 7.87. The molecule has 2 bridgehead atoms.